The molecule has 0 spiro atoms. The molecule has 2 aromatic rings. The predicted molar refractivity (Wildman–Crippen MR) is 80.6 cm³/mol. The van der Waals surface area contributed by atoms with Crippen LogP contribution in [0, 0.1) is 0 Å². The predicted octanol–water partition coefficient (Wildman–Crippen LogP) is 1.77. The number of nitrogens with one attached hydrogen (secondary N) is 1. The molecule has 22 heavy (non-hydrogen) atoms. The van der Waals surface area contributed by atoms with E-state index >= 15 is 0 Å². The Labute approximate surface area is 132 Å². The van der Waals surface area contributed by atoms with Gasteiger partial charge in [0, 0.05) is 31.3 Å². The monoisotopic (exact) mass is 321 g/mol. The number of carbonyl (C=O) groups excluding carboxylic acids is 1. The van der Waals surface area contributed by atoms with Crippen molar-refractivity contribution in [2.24, 2.45) is 0 Å². The summed E-state index contributed by atoms with van der Waals surface area (Å²) < 4.78 is 5.35. The number of rotatable bonds is 3. The van der Waals surface area contributed by atoms with Crippen molar-refractivity contribution in [2.45, 2.75) is 18.9 Å². The third-order valence-corrected chi connectivity index (χ3v) is 4.11. The van der Waals surface area contributed by atoms with E-state index in [-0.39, 0.29) is 12.0 Å². The van der Waals surface area contributed by atoms with Crippen molar-refractivity contribution < 1.29 is 9.53 Å². The lowest BCUT2D eigenvalue weighted by atomic mass is 10.1. The fraction of sp³-hybridized carbons (Fsp3) is 0.429. The minimum Gasteiger partial charge on any atom is -0.380 e. The number of amides is 1. The van der Waals surface area contributed by atoms with Gasteiger partial charge in [0.25, 0.3) is 5.91 Å². The second-order valence-electron chi connectivity index (χ2n) is 5.18. The maximum Gasteiger partial charge on any atom is 0.253 e. The van der Waals surface area contributed by atoms with Crippen molar-refractivity contribution in [3.05, 3.63) is 28.8 Å². The number of H-pyrrole nitrogens is 1. The summed E-state index contributed by atoms with van der Waals surface area (Å²) in [6.45, 7) is 1.35. The van der Waals surface area contributed by atoms with Gasteiger partial charge < -0.3 is 9.64 Å². The first-order chi connectivity index (χ1) is 10.7. The number of carbonyl (C=O) groups is 1. The van der Waals surface area contributed by atoms with E-state index in [1.54, 1.807) is 30.2 Å². The molecule has 1 aliphatic heterocycles. The number of ether oxygens (including phenoxy) is 1. The molecule has 0 saturated carbocycles. The van der Waals surface area contributed by atoms with E-state index in [4.69, 9.17) is 16.3 Å². The Morgan fingerprint density at radius 3 is 3.05 bits per heavy atom. The van der Waals surface area contributed by atoms with Gasteiger partial charge in [0.15, 0.2) is 0 Å². The van der Waals surface area contributed by atoms with E-state index < -0.39 is 0 Å². The molecule has 1 N–H and O–H groups in total. The zero-order valence-corrected chi connectivity index (χ0v) is 12.9. The van der Waals surface area contributed by atoms with Crippen LogP contribution in [0.3, 0.4) is 0 Å². The molecular formula is C14H16ClN5O2. The molecule has 0 radical (unpaired) electrons. The van der Waals surface area contributed by atoms with Crippen LogP contribution in [-0.4, -0.2) is 57.7 Å². The number of likely N-dealkylation sites (tertiary alicyclic amines) is 1. The smallest absolute Gasteiger partial charge is 0.253 e. The van der Waals surface area contributed by atoms with Crippen LogP contribution < -0.4 is 0 Å². The number of methoxy groups -OCH3 is 1. The van der Waals surface area contributed by atoms with Crippen LogP contribution in [0.2, 0.25) is 5.02 Å². The minimum absolute atomic E-state index is 0.0386. The van der Waals surface area contributed by atoms with E-state index in [0.29, 0.717) is 28.5 Å². The molecule has 1 amide bonds. The standard InChI is InChI=1S/C14H16ClN5O2/c1-22-10-3-2-6-20(8-10)14(21)9-4-5-11(12(15)7-9)13-16-18-19-17-13/h4-5,7,10H,2-3,6,8H2,1H3,(H,16,17,18,19)/t10-/m0/s1. The van der Waals surface area contributed by atoms with E-state index in [9.17, 15) is 4.79 Å². The van der Waals surface area contributed by atoms with E-state index in [1.165, 1.54) is 0 Å². The summed E-state index contributed by atoms with van der Waals surface area (Å²) in [5.41, 5.74) is 1.19. The Morgan fingerprint density at radius 2 is 2.36 bits per heavy atom. The lowest BCUT2D eigenvalue weighted by molar-refractivity contribution is 0.0269. The van der Waals surface area contributed by atoms with Gasteiger partial charge in [-0.1, -0.05) is 11.6 Å². The van der Waals surface area contributed by atoms with Crippen molar-refractivity contribution in [1.82, 2.24) is 25.5 Å². The highest BCUT2D eigenvalue weighted by atomic mass is 35.5. The van der Waals surface area contributed by atoms with Gasteiger partial charge in [0.05, 0.1) is 11.1 Å². The molecule has 0 aliphatic carbocycles. The molecule has 1 atom stereocenters. The van der Waals surface area contributed by atoms with Crippen molar-refractivity contribution in [2.75, 3.05) is 20.2 Å². The largest absolute Gasteiger partial charge is 0.380 e. The number of aromatic amines is 1. The first kappa shape index (κ1) is 14.9. The highest BCUT2D eigenvalue weighted by Crippen LogP contribution is 2.26. The first-order valence-electron chi connectivity index (χ1n) is 7.04. The molecule has 116 valence electrons. The van der Waals surface area contributed by atoms with Crippen molar-refractivity contribution in [3.63, 3.8) is 0 Å². The number of nitrogens with zero attached hydrogens (tertiary/aromatic N) is 4. The maximum absolute atomic E-state index is 12.6. The van der Waals surface area contributed by atoms with E-state index in [1.807, 2.05) is 0 Å². The first-order valence-corrected chi connectivity index (χ1v) is 7.42. The molecular weight excluding hydrogens is 306 g/mol. The molecule has 2 heterocycles. The third-order valence-electron chi connectivity index (χ3n) is 3.80. The fourth-order valence-electron chi connectivity index (χ4n) is 2.60. The zero-order valence-electron chi connectivity index (χ0n) is 12.1. The lowest BCUT2D eigenvalue weighted by Crippen LogP contribution is -2.42. The molecule has 3 rings (SSSR count). The van der Waals surface area contributed by atoms with Gasteiger partial charge in [-0.2, -0.15) is 5.21 Å². The molecule has 0 unspecified atom stereocenters. The van der Waals surface area contributed by atoms with Gasteiger partial charge >= 0.3 is 0 Å². The van der Waals surface area contributed by atoms with Crippen molar-refractivity contribution in [3.8, 4) is 11.4 Å². The highest BCUT2D eigenvalue weighted by molar-refractivity contribution is 6.33. The number of hydrogen-bond acceptors (Lipinski definition) is 5. The molecule has 1 aliphatic rings. The molecule has 1 aromatic heterocycles. The molecule has 1 saturated heterocycles. The lowest BCUT2D eigenvalue weighted by Gasteiger charge is -2.32. The van der Waals surface area contributed by atoms with Crippen LogP contribution in [-0.2, 0) is 4.74 Å². The number of benzene rings is 1. The highest BCUT2D eigenvalue weighted by Gasteiger charge is 2.24. The zero-order chi connectivity index (χ0) is 15.5. The Hall–Kier alpha value is -1.99. The average molecular weight is 322 g/mol. The van der Waals surface area contributed by atoms with Crippen LogP contribution in [0.15, 0.2) is 18.2 Å². The Morgan fingerprint density at radius 1 is 1.50 bits per heavy atom. The maximum atomic E-state index is 12.6. The van der Waals surface area contributed by atoms with Crippen LogP contribution >= 0.6 is 11.6 Å². The number of tetrazole rings is 1. The normalized spacial score (nSPS) is 18.5. The Balaban J connectivity index is 1.80. The number of piperidine rings is 1. The molecule has 1 fully saturated rings. The summed E-state index contributed by atoms with van der Waals surface area (Å²) in [6, 6.07) is 5.11. The molecule has 8 heteroatoms. The van der Waals surface area contributed by atoms with E-state index in [2.05, 4.69) is 20.6 Å². The van der Waals surface area contributed by atoms with Crippen LogP contribution in [0.25, 0.3) is 11.4 Å². The summed E-state index contributed by atoms with van der Waals surface area (Å²) in [7, 11) is 1.68. The molecule has 7 nitrogen and oxygen atoms in total. The summed E-state index contributed by atoms with van der Waals surface area (Å²) in [4.78, 5) is 14.4. The summed E-state index contributed by atoms with van der Waals surface area (Å²) in [5, 5.41) is 14.1. The fourth-order valence-corrected chi connectivity index (χ4v) is 2.87. The summed E-state index contributed by atoms with van der Waals surface area (Å²) >= 11 is 6.24. The van der Waals surface area contributed by atoms with Gasteiger partial charge in [-0.15, -0.1) is 10.2 Å². The van der Waals surface area contributed by atoms with Crippen molar-refractivity contribution >= 4 is 17.5 Å². The second-order valence-corrected chi connectivity index (χ2v) is 5.59. The quantitative estimate of drug-likeness (QED) is 0.931. The molecule has 1 aromatic carbocycles. The summed E-state index contributed by atoms with van der Waals surface area (Å²) in [5.74, 6) is 0.365. The van der Waals surface area contributed by atoms with Crippen LogP contribution in [0.1, 0.15) is 23.2 Å². The van der Waals surface area contributed by atoms with Crippen molar-refractivity contribution in [1.29, 1.82) is 0 Å². The van der Waals surface area contributed by atoms with Gasteiger partial charge in [-0.3, -0.25) is 4.79 Å². The topological polar surface area (TPSA) is 84.0 Å². The van der Waals surface area contributed by atoms with Gasteiger partial charge in [-0.25, -0.2) is 0 Å². The number of hydrogen-bond donors (Lipinski definition) is 1. The number of aromatic nitrogens is 4. The van der Waals surface area contributed by atoms with E-state index in [0.717, 1.165) is 19.4 Å². The summed E-state index contributed by atoms with van der Waals surface area (Å²) in [6.07, 6.45) is 2.03. The minimum atomic E-state index is -0.0386. The Kier molecular flexibility index (Phi) is 4.35. The average Bonchev–Trinajstić information content (AvgIpc) is 3.08. The van der Waals surface area contributed by atoms with Crippen LogP contribution in [0.5, 0.6) is 0 Å². The molecule has 0 bridgehead atoms. The van der Waals surface area contributed by atoms with Crippen LogP contribution in [0.4, 0.5) is 0 Å². The van der Waals surface area contributed by atoms with Gasteiger partial charge in [-0.05, 0) is 36.3 Å². The Bertz CT molecular complexity index is 661. The number of halogens is 1. The van der Waals surface area contributed by atoms with Gasteiger partial charge in [0.1, 0.15) is 0 Å². The van der Waals surface area contributed by atoms with Gasteiger partial charge in [0.2, 0.25) is 5.82 Å². The second kappa shape index (κ2) is 6.41. The SMILES string of the molecule is CO[C@H]1CCCN(C(=O)c2ccc(-c3nn[nH]n3)c(Cl)c2)C1. The third kappa shape index (κ3) is 2.95.